The summed E-state index contributed by atoms with van der Waals surface area (Å²) in [4.78, 5) is 14.2. The minimum Gasteiger partial charge on any atom is -0.352 e. The van der Waals surface area contributed by atoms with E-state index in [1.807, 2.05) is 0 Å². The predicted octanol–water partition coefficient (Wildman–Crippen LogP) is 2.56. The number of carbonyl (C=O) groups is 1. The molecule has 0 aliphatic rings. The van der Waals surface area contributed by atoms with Crippen LogP contribution in [0.2, 0.25) is 0 Å². The van der Waals surface area contributed by atoms with Gasteiger partial charge in [-0.25, -0.2) is 4.39 Å². The summed E-state index contributed by atoms with van der Waals surface area (Å²) < 4.78 is 13.0. The van der Waals surface area contributed by atoms with E-state index in [0.29, 0.717) is 30.6 Å². The maximum Gasteiger partial charge on any atom is 0.251 e. The first-order valence-electron chi connectivity index (χ1n) is 5.20. The van der Waals surface area contributed by atoms with E-state index in [4.69, 9.17) is 5.53 Å². The fourth-order valence-electron chi connectivity index (χ4n) is 1.28. The molecule has 0 bridgehead atoms. The molecule has 0 unspecified atom stereocenters. The Labute approximate surface area is 98.3 Å². The van der Waals surface area contributed by atoms with Crippen LogP contribution in [-0.2, 0) is 0 Å². The number of nitrogens with zero attached hydrogens (tertiary/aromatic N) is 3. The van der Waals surface area contributed by atoms with E-state index < -0.39 is 0 Å². The fraction of sp³-hybridized carbons (Fsp3) is 0.364. The zero-order chi connectivity index (χ0) is 12.7. The zero-order valence-corrected chi connectivity index (χ0v) is 9.48. The first-order chi connectivity index (χ1) is 8.15. The lowest BCUT2D eigenvalue weighted by molar-refractivity contribution is 0.0953. The molecule has 0 aliphatic carbocycles. The van der Waals surface area contributed by atoms with Gasteiger partial charge < -0.3 is 5.32 Å². The van der Waals surface area contributed by atoms with Crippen LogP contribution in [0.5, 0.6) is 0 Å². The van der Waals surface area contributed by atoms with Gasteiger partial charge in [0.05, 0.1) is 0 Å². The van der Waals surface area contributed by atoms with Gasteiger partial charge in [-0.2, -0.15) is 0 Å². The molecule has 6 heteroatoms. The highest BCUT2D eigenvalue weighted by atomic mass is 19.1. The Bertz CT molecular complexity index is 455. The molecular weight excluding hydrogens is 223 g/mol. The van der Waals surface area contributed by atoms with Gasteiger partial charge in [-0.3, -0.25) is 4.79 Å². The highest BCUT2D eigenvalue weighted by Crippen LogP contribution is 2.08. The van der Waals surface area contributed by atoms with E-state index in [-0.39, 0.29) is 11.7 Å². The number of azide groups is 1. The Hall–Kier alpha value is -2.07. The molecular formula is C11H13FN4O. The molecule has 1 rings (SSSR count). The van der Waals surface area contributed by atoms with Crippen molar-refractivity contribution in [3.63, 3.8) is 0 Å². The van der Waals surface area contributed by atoms with Crippen LogP contribution in [0.15, 0.2) is 23.3 Å². The third-order valence-corrected chi connectivity index (χ3v) is 2.20. The Morgan fingerprint density at radius 3 is 3.00 bits per heavy atom. The average Bonchev–Trinajstić information content (AvgIpc) is 2.32. The summed E-state index contributed by atoms with van der Waals surface area (Å²) >= 11 is 0. The normalized spacial score (nSPS) is 9.53. The molecule has 0 saturated heterocycles. The van der Waals surface area contributed by atoms with Gasteiger partial charge in [0.2, 0.25) is 0 Å². The summed E-state index contributed by atoms with van der Waals surface area (Å²) in [6.45, 7) is 2.38. The standard InChI is InChI=1S/C11H13FN4O/c1-8-7-9(3-4-10(8)12)11(17)14-5-2-6-15-16-13/h3-4,7H,2,5-6H2,1H3,(H,14,17). The number of nitrogens with one attached hydrogen (secondary N) is 1. The second-order valence-corrected chi connectivity index (χ2v) is 3.53. The topological polar surface area (TPSA) is 77.9 Å². The second kappa shape index (κ2) is 6.50. The van der Waals surface area contributed by atoms with Gasteiger partial charge in [0.1, 0.15) is 5.82 Å². The van der Waals surface area contributed by atoms with Gasteiger partial charge >= 0.3 is 0 Å². The summed E-state index contributed by atoms with van der Waals surface area (Å²) in [5, 5.41) is 6.01. The van der Waals surface area contributed by atoms with Crippen molar-refractivity contribution in [1.29, 1.82) is 0 Å². The lowest BCUT2D eigenvalue weighted by Gasteiger charge is -2.05. The Kier molecular flexibility index (Phi) is 4.97. The number of rotatable bonds is 5. The number of hydrogen-bond donors (Lipinski definition) is 1. The number of hydrogen-bond acceptors (Lipinski definition) is 2. The lowest BCUT2D eigenvalue weighted by Crippen LogP contribution is -2.24. The molecule has 0 aromatic heterocycles. The molecule has 0 spiro atoms. The van der Waals surface area contributed by atoms with Crippen molar-refractivity contribution in [2.45, 2.75) is 13.3 Å². The van der Waals surface area contributed by atoms with Gasteiger partial charge in [-0.15, -0.1) is 0 Å². The molecule has 5 nitrogen and oxygen atoms in total. The lowest BCUT2D eigenvalue weighted by atomic mass is 10.1. The van der Waals surface area contributed by atoms with E-state index in [9.17, 15) is 9.18 Å². The van der Waals surface area contributed by atoms with Crippen LogP contribution >= 0.6 is 0 Å². The number of aryl methyl sites for hydroxylation is 1. The zero-order valence-electron chi connectivity index (χ0n) is 9.48. The van der Waals surface area contributed by atoms with Crippen molar-refractivity contribution in [2.75, 3.05) is 13.1 Å². The van der Waals surface area contributed by atoms with Crippen molar-refractivity contribution >= 4 is 5.91 Å². The van der Waals surface area contributed by atoms with E-state index >= 15 is 0 Å². The van der Waals surface area contributed by atoms with Crippen LogP contribution in [0.25, 0.3) is 10.4 Å². The SMILES string of the molecule is Cc1cc(C(=O)NCCCN=[N+]=[N-])ccc1F. The molecule has 0 aliphatic heterocycles. The number of carbonyl (C=O) groups excluding carboxylic acids is 1. The maximum absolute atomic E-state index is 13.0. The van der Waals surface area contributed by atoms with Crippen LogP contribution in [0.3, 0.4) is 0 Å². The van der Waals surface area contributed by atoms with E-state index in [0.717, 1.165) is 0 Å². The van der Waals surface area contributed by atoms with Crippen molar-refractivity contribution in [3.8, 4) is 0 Å². The summed E-state index contributed by atoms with van der Waals surface area (Å²) in [5.41, 5.74) is 8.91. The first kappa shape index (κ1) is 13.0. The Morgan fingerprint density at radius 1 is 1.59 bits per heavy atom. The van der Waals surface area contributed by atoms with Gasteiger partial charge in [0.15, 0.2) is 0 Å². The minimum atomic E-state index is -0.329. The highest BCUT2D eigenvalue weighted by Gasteiger charge is 2.06. The van der Waals surface area contributed by atoms with Crippen molar-refractivity contribution in [1.82, 2.24) is 5.32 Å². The molecule has 1 aromatic carbocycles. The van der Waals surface area contributed by atoms with Gasteiger partial charge in [-0.05, 0) is 42.6 Å². The van der Waals surface area contributed by atoms with Crippen LogP contribution in [0.4, 0.5) is 4.39 Å². The third kappa shape index (κ3) is 4.12. The molecule has 0 heterocycles. The number of halogens is 1. The first-order valence-corrected chi connectivity index (χ1v) is 5.20. The Morgan fingerprint density at radius 2 is 2.35 bits per heavy atom. The molecule has 0 atom stereocenters. The summed E-state index contributed by atoms with van der Waals surface area (Å²) in [6, 6.07) is 4.20. The number of amides is 1. The third-order valence-electron chi connectivity index (χ3n) is 2.20. The Balaban J connectivity index is 2.46. The van der Waals surface area contributed by atoms with Crippen LogP contribution < -0.4 is 5.32 Å². The quantitative estimate of drug-likeness (QED) is 0.362. The second-order valence-electron chi connectivity index (χ2n) is 3.53. The molecule has 0 fully saturated rings. The predicted molar refractivity (Wildman–Crippen MR) is 62.1 cm³/mol. The van der Waals surface area contributed by atoms with Crippen molar-refractivity contribution in [2.24, 2.45) is 5.11 Å². The summed E-state index contributed by atoms with van der Waals surface area (Å²) in [5.74, 6) is -0.584. The van der Waals surface area contributed by atoms with E-state index in [2.05, 4.69) is 15.3 Å². The van der Waals surface area contributed by atoms with Gasteiger partial charge in [-0.1, -0.05) is 5.11 Å². The fourth-order valence-corrected chi connectivity index (χ4v) is 1.28. The molecule has 1 N–H and O–H groups in total. The van der Waals surface area contributed by atoms with Gasteiger partial charge in [0, 0.05) is 23.6 Å². The van der Waals surface area contributed by atoms with Crippen LogP contribution in [0, 0.1) is 12.7 Å². The van der Waals surface area contributed by atoms with E-state index in [1.54, 1.807) is 6.92 Å². The molecule has 0 saturated carbocycles. The summed E-state index contributed by atoms with van der Waals surface area (Å²) in [7, 11) is 0. The molecule has 17 heavy (non-hydrogen) atoms. The minimum absolute atomic E-state index is 0.256. The van der Waals surface area contributed by atoms with Crippen LogP contribution in [0.1, 0.15) is 22.3 Å². The van der Waals surface area contributed by atoms with E-state index in [1.165, 1.54) is 18.2 Å². The maximum atomic E-state index is 13.0. The van der Waals surface area contributed by atoms with Gasteiger partial charge in [0.25, 0.3) is 5.91 Å². The summed E-state index contributed by atoms with van der Waals surface area (Å²) in [6.07, 6.45) is 0.579. The molecule has 90 valence electrons. The smallest absolute Gasteiger partial charge is 0.251 e. The highest BCUT2D eigenvalue weighted by molar-refractivity contribution is 5.94. The number of benzene rings is 1. The molecule has 1 aromatic rings. The molecule has 0 radical (unpaired) electrons. The van der Waals surface area contributed by atoms with Crippen molar-refractivity contribution in [3.05, 3.63) is 45.6 Å². The average molecular weight is 236 g/mol. The molecule has 1 amide bonds. The van der Waals surface area contributed by atoms with Crippen molar-refractivity contribution < 1.29 is 9.18 Å². The largest absolute Gasteiger partial charge is 0.352 e. The van der Waals surface area contributed by atoms with Crippen LogP contribution in [-0.4, -0.2) is 19.0 Å². The monoisotopic (exact) mass is 236 g/mol.